The average Bonchev–Trinajstić information content (AvgIpc) is 2.95. The van der Waals surface area contributed by atoms with Gasteiger partial charge in [-0.2, -0.15) is 0 Å². The van der Waals surface area contributed by atoms with Crippen LogP contribution in [0.15, 0.2) is 91.1 Å². The molecule has 200 valence electrons. The molecule has 5 N–H and O–H groups in total. The molecule has 2 heterocycles. The van der Waals surface area contributed by atoms with Crippen LogP contribution in [0.25, 0.3) is 11.3 Å². The van der Waals surface area contributed by atoms with E-state index in [2.05, 4.69) is 25.5 Å². The number of nitrogens with one attached hydrogen (secondary N) is 2. The highest BCUT2D eigenvalue weighted by atomic mass is 16.3. The second-order valence-electron chi connectivity index (χ2n) is 9.91. The van der Waals surface area contributed by atoms with Crippen molar-refractivity contribution in [2.45, 2.75) is 25.3 Å². The SMILES string of the molecule is Nc1cccc(Nc2nccc(-c3ccc(NC(=O)C(c4ccccc4)N4CCCC(CCO)C4)cc3)n2)c1. The molecule has 2 atom stereocenters. The van der Waals surface area contributed by atoms with E-state index in [4.69, 9.17) is 5.73 Å². The van der Waals surface area contributed by atoms with Gasteiger partial charge in [0.15, 0.2) is 0 Å². The van der Waals surface area contributed by atoms with Gasteiger partial charge in [0.1, 0.15) is 6.04 Å². The predicted molar refractivity (Wildman–Crippen MR) is 155 cm³/mol. The minimum atomic E-state index is -0.394. The number of aliphatic hydroxyl groups is 1. The largest absolute Gasteiger partial charge is 0.399 e. The number of carbonyl (C=O) groups excluding carboxylic acids is 1. The Labute approximate surface area is 228 Å². The van der Waals surface area contributed by atoms with Crippen LogP contribution in [0.1, 0.15) is 30.9 Å². The van der Waals surface area contributed by atoms with Gasteiger partial charge in [0, 0.05) is 42.0 Å². The number of hydrogen-bond donors (Lipinski definition) is 4. The standard InChI is InChI=1S/C31H34N6O2/c32-25-9-4-10-27(20-25)35-31-33-17-15-28(36-31)23-11-13-26(14-12-23)34-30(39)29(24-7-2-1-3-8-24)37-18-5-6-22(21-37)16-19-38/h1-4,7-15,17,20,22,29,38H,5-6,16,18-19,21,32H2,(H,34,39)(H,33,35,36). The third-order valence-corrected chi connectivity index (χ3v) is 7.06. The lowest BCUT2D eigenvalue weighted by atomic mass is 9.92. The topological polar surface area (TPSA) is 116 Å². The van der Waals surface area contributed by atoms with Gasteiger partial charge in [-0.05, 0) is 73.7 Å². The first-order valence-electron chi connectivity index (χ1n) is 13.4. The first kappa shape index (κ1) is 26.3. The van der Waals surface area contributed by atoms with Gasteiger partial charge in [0.25, 0.3) is 0 Å². The first-order chi connectivity index (χ1) is 19.1. The molecule has 1 aliphatic rings. The Morgan fingerprint density at radius 3 is 2.62 bits per heavy atom. The Bertz CT molecular complexity index is 1380. The molecule has 0 spiro atoms. The van der Waals surface area contributed by atoms with Crippen LogP contribution in [-0.4, -0.2) is 45.6 Å². The van der Waals surface area contributed by atoms with Gasteiger partial charge in [-0.25, -0.2) is 9.97 Å². The van der Waals surface area contributed by atoms with Gasteiger partial charge < -0.3 is 21.5 Å². The normalized spacial score (nSPS) is 16.4. The van der Waals surface area contributed by atoms with E-state index in [-0.39, 0.29) is 12.5 Å². The fraction of sp³-hybridized carbons (Fsp3) is 0.258. The molecule has 3 aromatic carbocycles. The van der Waals surface area contributed by atoms with Crippen molar-refractivity contribution in [3.63, 3.8) is 0 Å². The van der Waals surface area contributed by atoms with Gasteiger partial charge in [0.05, 0.1) is 5.69 Å². The number of anilines is 4. The van der Waals surface area contributed by atoms with Crippen molar-refractivity contribution in [3.05, 3.63) is 96.7 Å². The van der Waals surface area contributed by atoms with Crippen molar-refractivity contribution in [1.82, 2.24) is 14.9 Å². The maximum Gasteiger partial charge on any atom is 0.246 e. The smallest absolute Gasteiger partial charge is 0.246 e. The minimum Gasteiger partial charge on any atom is -0.399 e. The number of amides is 1. The molecule has 8 nitrogen and oxygen atoms in total. The monoisotopic (exact) mass is 522 g/mol. The van der Waals surface area contributed by atoms with Crippen molar-refractivity contribution in [3.8, 4) is 11.3 Å². The summed E-state index contributed by atoms with van der Waals surface area (Å²) in [6, 6.07) is 26.5. The van der Waals surface area contributed by atoms with Crippen LogP contribution < -0.4 is 16.4 Å². The summed E-state index contributed by atoms with van der Waals surface area (Å²) in [4.78, 5) is 24.8. The van der Waals surface area contributed by atoms with E-state index in [9.17, 15) is 9.90 Å². The Morgan fingerprint density at radius 2 is 1.85 bits per heavy atom. The number of carbonyl (C=O) groups is 1. The molecule has 1 saturated heterocycles. The number of benzene rings is 3. The summed E-state index contributed by atoms with van der Waals surface area (Å²) < 4.78 is 0. The number of aromatic nitrogens is 2. The zero-order chi connectivity index (χ0) is 27.0. The van der Waals surface area contributed by atoms with Crippen LogP contribution in [0.2, 0.25) is 0 Å². The van der Waals surface area contributed by atoms with Crippen LogP contribution >= 0.6 is 0 Å². The molecule has 5 rings (SSSR count). The van der Waals surface area contributed by atoms with E-state index < -0.39 is 6.04 Å². The molecule has 1 aliphatic heterocycles. The summed E-state index contributed by atoms with van der Waals surface area (Å²) in [6.45, 7) is 1.83. The van der Waals surface area contributed by atoms with Crippen LogP contribution in [0.5, 0.6) is 0 Å². The van der Waals surface area contributed by atoms with Gasteiger partial charge in [0.2, 0.25) is 11.9 Å². The lowest BCUT2D eigenvalue weighted by Gasteiger charge is -2.37. The highest BCUT2D eigenvalue weighted by Crippen LogP contribution is 2.30. The van der Waals surface area contributed by atoms with E-state index in [1.54, 1.807) is 6.20 Å². The molecule has 1 amide bonds. The summed E-state index contributed by atoms with van der Waals surface area (Å²) in [5.41, 5.74) is 10.7. The zero-order valence-corrected chi connectivity index (χ0v) is 21.8. The number of likely N-dealkylation sites (tertiary alicyclic amines) is 1. The average molecular weight is 523 g/mol. The number of aliphatic hydroxyl groups excluding tert-OH is 1. The molecule has 2 unspecified atom stereocenters. The lowest BCUT2D eigenvalue weighted by molar-refractivity contribution is -0.122. The number of nitrogen functional groups attached to an aromatic ring is 1. The number of nitrogens with two attached hydrogens (primary N) is 1. The Morgan fingerprint density at radius 1 is 1.03 bits per heavy atom. The first-order valence-corrected chi connectivity index (χ1v) is 13.4. The molecule has 0 saturated carbocycles. The highest BCUT2D eigenvalue weighted by molar-refractivity contribution is 5.95. The number of nitrogens with zero attached hydrogens (tertiary/aromatic N) is 3. The summed E-state index contributed by atoms with van der Waals surface area (Å²) in [5, 5.41) is 15.8. The molecule has 0 bridgehead atoms. The van der Waals surface area contributed by atoms with Crippen molar-refractivity contribution in [1.29, 1.82) is 0 Å². The highest BCUT2D eigenvalue weighted by Gasteiger charge is 2.31. The quantitative estimate of drug-likeness (QED) is 0.222. The fourth-order valence-electron chi connectivity index (χ4n) is 5.17. The summed E-state index contributed by atoms with van der Waals surface area (Å²) in [5.74, 6) is 0.810. The molecule has 39 heavy (non-hydrogen) atoms. The van der Waals surface area contributed by atoms with Crippen LogP contribution in [0, 0.1) is 5.92 Å². The van der Waals surface area contributed by atoms with Crippen LogP contribution in [0.4, 0.5) is 23.0 Å². The number of hydrogen-bond acceptors (Lipinski definition) is 7. The summed E-state index contributed by atoms with van der Waals surface area (Å²) >= 11 is 0. The van der Waals surface area contributed by atoms with Gasteiger partial charge >= 0.3 is 0 Å². The van der Waals surface area contributed by atoms with Crippen molar-refractivity contribution < 1.29 is 9.90 Å². The van der Waals surface area contributed by atoms with E-state index in [1.165, 1.54) is 0 Å². The molecule has 1 aromatic heterocycles. The molecule has 1 fully saturated rings. The second kappa shape index (κ2) is 12.5. The maximum atomic E-state index is 13.6. The molecular formula is C31H34N6O2. The Kier molecular flexibility index (Phi) is 8.45. The van der Waals surface area contributed by atoms with Gasteiger partial charge in [-0.3, -0.25) is 9.69 Å². The molecule has 0 radical (unpaired) electrons. The summed E-state index contributed by atoms with van der Waals surface area (Å²) in [7, 11) is 0. The zero-order valence-electron chi connectivity index (χ0n) is 21.8. The Hall–Kier alpha value is -4.27. The second-order valence-corrected chi connectivity index (χ2v) is 9.91. The third kappa shape index (κ3) is 6.79. The number of piperidine rings is 1. The lowest BCUT2D eigenvalue weighted by Crippen LogP contribution is -2.43. The molecular weight excluding hydrogens is 488 g/mol. The van der Waals surface area contributed by atoms with E-state index in [0.29, 0.717) is 17.6 Å². The minimum absolute atomic E-state index is 0.0609. The van der Waals surface area contributed by atoms with E-state index >= 15 is 0 Å². The molecule has 8 heteroatoms. The van der Waals surface area contributed by atoms with Crippen LogP contribution in [-0.2, 0) is 4.79 Å². The predicted octanol–water partition coefficient (Wildman–Crippen LogP) is 5.24. The molecule has 0 aliphatic carbocycles. The van der Waals surface area contributed by atoms with Crippen LogP contribution in [0.3, 0.4) is 0 Å². The van der Waals surface area contributed by atoms with Gasteiger partial charge in [-0.1, -0.05) is 48.5 Å². The number of rotatable bonds is 9. The van der Waals surface area contributed by atoms with E-state index in [1.807, 2.05) is 84.9 Å². The molecule has 4 aromatic rings. The van der Waals surface area contributed by atoms with Crippen molar-refractivity contribution in [2.24, 2.45) is 5.92 Å². The maximum absolute atomic E-state index is 13.6. The fourth-order valence-corrected chi connectivity index (χ4v) is 5.17. The third-order valence-electron chi connectivity index (χ3n) is 7.06. The van der Waals surface area contributed by atoms with E-state index in [0.717, 1.165) is 60.5 Å². The van der Waals surface area contributed by atoms with Gasteiger partial charge in [-0.15, -0.1) is 0 Å². The Balaban J connectivity index is 1.30. The van der Waals surface area contributed by atoms with Crippen molar-refractivity contribution >= 4 is 28.9 Å². The summed E-state index contributed by atoms with van der Waals surface area (Å²) in [6.07, 6.45) is 4.57. The van der Waals surface area contributed by atoms with Crippen molar-refractivity contribution in [2.75, 3.05) is 36.1 Å².